The van der Waals surface area contributed by atoms with Crippen LogP contribution in [-0.4, -0.2) is 18.7 Å². The molecular weight excluding hydrogens is 222 g/mol. The number of aromatic nitrogens is 4. The standard InChI is InChI=1S/C10H7N5S/c11-8-7-10(15-16-14-7)13-9(12-8)6-4-2-1-3-5-6/h1-5H,(H2,11,12,13,15). The molecule has 3 rings (SSSR count). The van der Waals surface area contributed by atoms with Crippen molar-refractivity contribution in [3.63, 3.8) is 0 Å². The Morgan fingerprint density at radius 2 is 1.81 bits per heavy atom. The maximum Gasteiger partial charge on any atom is 0.199 e. The molecule has 2 heterocycles. The molecule has 2 aromatic heterocycles. The average molecular weight is 229 g/mol. The first-order valence-electron chi connectivity index (χ1n) is 4.66. The van der Waals surface area contributed by atoms with Crippen LogP contribution in [0.3, 0.4) is 0 Å². The molecule has 78 valence electrons. The minimum atomic E-state index is 0.373. The quantitative estimate of drug-likeness (QED) is 0.687. The van der Waals surface area contributed by atoms with Crippen molar-refractivity contribution in [1.29, 1.82) is 0 Å². The van der Waals surface area contributed by atoms with E-state index in [1.165, 1.54) is 0 Å². The molecule has 0 spiro atoms. The summed E-state index contributed by atoms with van der Waals surface area (Å²) in [5.74, 6) is 0.955. The summed E-state index contributed by atoms with van der Waals surface area (Å²) in [5, 5.41) is 0. The van der Waals surface area contributed by atoms with Gasteiger partial charge in [-0.2, -0.15) is 8.75 Å². The Morgan fingerprint density at radius 3 is 2.62 bits per heavy atom. The zero-order valence-electron chi connectivity index (χ0n) is 8.16. The zero-order chi connectivity index (χ0) is 11.0. The summed E-state index contributed by atoms with van der Waals surface area (Å²) in [6.45, 7) is 0. The Balaban J connectivity index is 2.25. The highest BCUT2D eigenvalue weighted by molar-refractivity contribution is 7.00. The Labute approximate surface area is 95.3 Å². The number of anilines is 1. The second-order valence-corrected chi connectivity index (χ2v) is 3.76. The molecule has 5 nitrogen and oxygen atoms in total. The van der Waals surface area contributed by atoms with Crippen LogP contribution in [0.15, 0.2) is 30.3 Å². The first kappa shape index (κ1) is 9.17. The van der Waals surface area contributed by atoms with Gasteiger partial charge in [0.15, 0.2) is 22.8 Å². The molecule has 0 aliphatic rings. The predicted octanol–water partition coefficient (Wildman–Crippen LogP) is 1.73. The summed E-state index contributed by atoms with van der Waals surface area (Å²) in [6, 6.07) is 9.66. The van der Waals surface area contributed by atoms with Crippen molar-refractivity contribution in [1.82, 2.24) is 18.7 Å². The fraction of sp³-hybridized carbons (Fsp3) is 0. The molecule has 0 aliphatic carbocycles. The lowest BCUT2D eigenvalue weighted by atomic mass is 10.2. The van der Waals surface area contributed by atoms with Crippen LogP contribution in [0.2, 0.25) is 0 Å². The van der Waals surface area contributed by atoms with Crippen molar-refractivity contribution in [2.24, 2.45) is 0 Å². The number of nitrogen functional groups attached to an aromatic ring is 1. The van der Waals surface area contributed by atoms with Gasteiger partial charge in [-0.05, 0) is 0 Å². The maximum absolute atomic E-state index is 5.79. The lowest BCUT2D eigenvalue weighted by molar-refractivity contribution is 1.22. The molecule has 3 aromatic rings. The van der Waals surface area contributed by atoms with Crippen LogP contribution in [0.1, 0.15) is 0 Å². The van der Waals surface area contributed by atoms with Crippen LogP contribution in [0.25, 0.3) is 22.6 Å². The SMILES string of the molecule is Nc1nc(-c2ccccc2)nc2nsnc12. The van der Waals surface area contributed by atoms with Gasteiger partial charge in [0.25, 0.3) is 0 Å². The van der Waals surface area contributed by atoms with Gasteiger partial charge in [-0.25, -0.2) is 9.97 Å². The molecule has 0 fully saturated rings. The number of rotatable bonds is 1. The third-order valence-corrected chi connectivity index (χ3v) is 2.70. The second-order valence-electron chi connectivity index (χ2n) is 3.23. The fourth-order valence-corrected chi connectivity index (χ4v) is 1.93. The van der Waals surface area contributed by atoms with E-state index in [1.807, 2.05) is 30.3 Å². The summed E-state index contributed by atoms with van der Waals surface area (Å²) >= 11 is 1.09. The normalized spacial score (nSPS) is 10.8. The molecule has 0 saturated heterocycles. The van der Waals surface area contributed by atoms with Crippen molar-refractivity contribution in [3.8, 4) is 11.4 Å². The van der Waals surface area contributed by atoms with E-state index < -0.39 is 0 Å². The second kappa shape index (κ2) is 3.49. The largest absolute Gasteiger partial charge is 0.382 e. The molecule has 2 N–H and O–H groups in total. The Kier molecular flexibility index (Phi) is 2.00. The van der Waals surface area contributed by atoms with Crippen LogP contribution in [0.5, 0.6) is 0 Å². The van der Waals surface area contributed by atoms with E-state index in [9.17, 15) is 0 Å². The van der Waals surface area contributed by atoms with E-state index in [0.717, 1.165) is 17.3 Å². The summed E-state index contributed by atoms with van der Waals surface area (Å²) < 4.78 is 8.10. The van der Waals surface area contributed by atoms with Crippen LogP contribution >= 0.6 is 11.7 Å². The number of fused-ring (bicyclic) bond motifs is 1. The number of benzene rings is 1. The minimum Gasteiger partial charge on any atom is -0.382 e. The minimum absolute atomic E-state index is 0.373. The number of hydrogen-bond donors (Lipinski definition) is 1. The van der Waals surface area contributed by atoms with Crippen molar-refractivity contribution < 1.29 is 0 Å². The van der Waals surface area contributed by atoms with Crippen LogP contribution in [0.4, 0.5) is 5.82 Å². The van der Waals surface area contributed by atoms with Crippen LogP contribution in [-0.2, 0) is 0 Å². The molecule has 0 amide bonds. The lowest BCUT2D eigenvalue weighted by Crippen LogP contribution is -1.97. The van der Waals surface area contributed by atoms with Crippen LogP contribution < -0.4 is 5.73 Å². The van der Waals surface area contributed by atoms with E-state index in [1.54, 1.807) is 0 Å². The Hall–Kier alpha value is -2.08. The molecule has 6 heteroatoms. The molecule has 0 atom stereocenters. The summed E-state index contributed by atoms with van der Waals surface area (Å²) in [7, 11) is 0. The molecule has 16 heavy (non-hydrogen) atoms. The molecule has 0 unspecified atom stereocenters. The van der Waals surface area contributed by atoms with Gasteiger partial charge >= 0.3 is 0 Å². The number of nitrogens with zero attached hydrogens (tertiary/aromatic N) is 4. The van der Waals surface area contributed by atoms with Crippen molar-refractivity contribution in [2.75, 3.05) is 5.73 Å². The van der Waals surface area contributed by atoms with Gasteiger partial charge in [0, 0.05) is 5.56 Å². The van der Waals surface area contributed by atoms with Gasteiger partial charge in [-0.3, -0.25) is 0 Å². The Bertz CT molecular complexity index is 634. The first-order valence-corrected chi connectivity index (χ1v) is 5.39. The molecule has 1 aromatic carbocycles. The molecule has 0 saturated carbocycles. The summed E-state index contributed by atoms with van der Waals surface area (Å²) in [4.78, 5) is 8.53. The monoisotopic (exact) mass is 229 g/mol. The number of hydrogen-bond acceptors (Lipinski definition) is 6. The average Bonchev–Trinajstić information content (AvgIpc) is 2.79. The van der Waals surface area contributed by atoms with Crippen molar-refractivity contribution >= 4 is 28.7 Å². The van der Waals surface area contributed by atoms with Gasteiger partial charge in [0.1, 0.15) is 0 Å². The predicted molar refractivity (Wildman–Crippen MR) is 62.9 cm³/mol. The molecule has 0 bridgehead atoms. The van der Waals surface area contributed by atoms with Gasteiger partial charge in [-0.1, -0.05) is 30.3 Å². The Morgan fingerprint density at radius 1 is 1.00 bits per heavy atom. The van der Waals surface area contributed by atoms with Gasteiger partial charge in [0.05, 0.1) is 11.7 Å². The van der Waals surface area contributed by atoms with Gasteiger partial charge in [0.2, 0.25) is 0 Å². The maximum atomic E-state index is 5.79. The molecular formula is C10H7N5S. The lowest BCUT2D eigenvalue weighted by Gasteiger charge is -2.00. The zero-order valence-corrected chi connectivity index (χ0v) is 8.98. The van der Waals surface area contributed by atoms with E-state index in [0.29, 0.717) is 22.8 Å². The van der Waals surface area contributed by atoms with Crippen LogP contribution in [0, 0.1) is 0 Å². The van der Waals surface area contributed by atoms with Gasteiger partial charge < -0.3 is 5.73 Å². The fourth-order valence-electron chi connectivity index (χ4n) is 1.43. The molecule has 0 radical (unpaired) electrons. The summed E-state index contributed by atoms with van der Waals surface area (Å²) in [6.07, 6.45) is 0. The van der Waals surface area contributed by atoms with E-state index in [-0.39, 0.29) is 0 Å². The third kappa shape index (κ3) is 1.40. The van der Waals surface area contributed by atoms with Crippen molar-refractivity contribution in [3.05, 3.63) is 30.3 Å². The van der Waals surface area contributed by atoms with Gasteiger partial charge in [-0.15, -0.1) is 0 Å². The highest BCUT2D eigenvalue weighted by atomic mass is 32.1. The topological polar surface area (TPSA) is 77.6 Å². The van der Waals surface area contributed by atoms with Crippen molar-refractivity contribution in [2.45, 2.75) is 0 Å². The van der Waals surface area contributed by atoms with E-state index >= 15 is 0 Å². The van der Waals surface area contributed by atoms with E-state index in [4.69, 9.17) is 5.73 Å². The summed E-state index contributed by atoms with van der Waals surface area (Å²) in [5.41, 5.74) is 7.84. The van der Waals surface area contributed by atoms with E-state index in [2.05, 4.69) is 18.7 Å². The highest BCUT2D eigenvalue weighted by Crippen LogP contribution is 2.20. The highest BCUT2D eigenvalue weighted by Gasteiger charge is 2.09. The smallest absolute Gasteiger partial charge is 0.199 e. The first-order chi connectivity index (χ1) is 7.84. The number of nitrogens with two attached hydrogens (primary N) is 1. The molecule has 0 aliphatic heterocycles. The third-order valence-electron chi connectivity index (χ3n) is 2.18.